The highest BCUT2D eigenvalue weighted by atomic mass is 16.6. The fourth-order valence-electron chi connectivity index (χ4n) is 2.96. The van der Waals surface area contributed by atoms with E-state index in [1.807, 2.05) is 0 Å². The van der Waals surface area contributed by atoms with E-state index in [9.17, 15) is 19.2 Å². The Balaban J connectivity index is 6.24. The summed E-state index contributed by atoms with van der Waals surface area (Å²) >= 11 is 0. The maximum absolute atomic E-state index is 12.2. The van der Waals surface area contributed by atoms with E-state index in [0.29, 0.717) is 0 Å². The zero-order chi connectivity index (χ0) is 23.9. The van der Waals surface area contributed by atoms with Crippen LogP contribution in [0.15, 0.2) is 51.4 Å². The number of carbonyl (C=O) groups is 4. The Hall–Kier alpha value is -3.20. The first-order chi connectivity index (χ1) is 14.6. The Morgan fingerprint density at radius 2 is 0.806 bits per heavy atom. The van der Waals surface area contributed by atoms with Crippen LogP contribution < -0.4 is 0 Å². The number of ether oxygens (including phenoxy) is 5. The van der Waals surface area contributed by atoms with E-state index >= 15 is 0 Å². The topological polar surface area (TPSA) is 114 Å². The van der Waals surface area contributed by atoms with Crippen molar-refractivity contribution in [2.75, 3.05) is 0 Å². The molecule has 0 saturated heterocycles. The van der Waals surface area contributed by atoms with E-state index in [1.54, 1.807) is 13.8 Å². The molecule has 0 unspecified atom stereocenters. The second-order valence-corrected chi connectivity index (χ2v) is 6.51. The number of hydrogen-bond acceptors (Lipinski definition) is 9. The van der Waals surface area contributed by atoms with Gasteiger partial charge in [0, 0.05) is 0 Å². The first-order valence-electron chi connectivity index (χ1n) is 9.57. The minimum Gasteiger partial charge on any atom is -0.435 e. The van der Waals surface area contributed by atoms with Gasteiger partial charge in [-0.05, 0) is 12.8 Å². The largest absolute Gasteiger partial charge is 0.435 e. The highest BCUT2D eigenvalue weighted by Crippen LogP contribution is 2.38. The van der Waals surface area contributed by atoms with Gasteiger partial charge in [0.1, 0.15) is 0 Å². The molecule has 0 rings (SSSR count). The van der Waals surface area contributed by atoms with Gasteiger partial charge in [-0.25, -0.2) is 0 Å². The standard InChI is InChI=1S/C22H30O9/c1-7-21(13-17(23)27-9-3,14-18(24)28-10-4)31-22(8-2,15-19(25)29-11-5)16-20(26)30-12-6/h9-12H,3-8,13-16H2,1-2H3. The second kappa shape index (κ2) is 13.9. The molecule has 0 aromatic rings. The van der Waals surface area contributed by atoms with Gasteiger partial charge in [0.15, 0.2) is 0 Å². The highest BCUT2D eigenvalue weighted by molar-refractivity contribution is 5.77. The van der Waals surface area contributed by atoms with Crippen molar-refractivity contribution < 1.29 is 42.9 Å². The molecular formula is C22H30O9. The zero-order valence-corrected chi connectivity index (χ0v) is 18.1. The molecule has 31 heavy (non-hydrogen) atoms. The molecule has 9 nitrogen and oxygen atoms in total. The molecule has 0 heterocycles. The molecule has 0 N–H and O–H groups in total. The lowest BCUT2D eigenvalue weighted by molar-refractivity contribution is -0.196. The lowest BCUT2D eigenvalue weighted by Gasteiger charge is -2.42. The van der Waals surface area contributed by atoms with Crippen molar-refractivity contribution in [3.05, 3.63) is 51.4 Å². The summed E-state index contributed by atoms with van der Waals surface area (Å²) in [4.78, 5) is 48.9. The molecule has 0 aromatic heterocycles. The Kier molecular flexibility index (Phi) is 12.5. The third-order valence-corrected chi connectivity index (χ3v) is 4.45. The van der Waals surface area contributed by atoms with Crippen LogP contribution in [0.1, 0.15) is 52.4 Å². The van der Waals surface area contributed by atoms with Gasteiger partial charge in [-0.1, -0.05) is 40.2 Å². The van der Waals surface area contributed by atoms with Gasteiger partial charge in [-0.15, -0.1) is 0 Å². The molecule has 0 aliphatic heterocycles. The Bertz CT molecular complexity index is 587. The first kappa shape index (κ1) is 27.8. The van der Waals surface area contributed by atoms with Crippen LogP contribution in [0, 0.1) is 0 Å². The predicted molar refractivity (Wildman–Crippen MR) is 111 cm³/mol. The van der Waals surface area contributed by atoms with Crippen LogP contribution in [0.5, 0.6) is 0 Å². The molecule has 0 amide bonds. The minimum absolute atomic E-state index is 0.139. The van der Waals surface area contributed by atoms with E-state index < -0.39 is 35.1 Å². The van der Waals surface area contributed by atoms with Crippen LogP contribution in [0.2, 0.25) is 0 Å². The molecule has 172 valence electrons. The monoisotopic (exact) mass is 438 g/mol. The molecular weight excluding hydrogens is 408 g/mol. The van der Waals surface area contributed by atoms with Gasteiger partial charge >= 0.3 is 23.9 Å². The Morgan fingerprint density at radius 3 is 0.968 bits per heavy atom. The third kappa shape index (κ3) is 9.90. The summed E-state index contributed by atoms with van der Waals surface area (Å²) in [7, 11) is 0. The van der Waals surface area contributed by atoms with E-state index in [0.717, 1.165) is 25.0 Å². The summed E-state index contributed by atoms with van der Waals surface area (Å²) in [6.45, 7) is 16.7. The molecule has 0 atom stereocenters. The van der Waals surface area contributed by atoms with Crippen molar-refractivity contribution in [2.45, 2.75) is 63.6 Å². The van der Waals surface area contributed by atoms with Crippen LogP contribution in [-0.4, -0.2) is 35.1 Å². The summed E-state index contributed by atoms with van der Waals surface area (Å²) in [6, 6.07) is 0. The van der Waals surface area contributed by atoms with Crippen molar-refractivity contribution in [3.63, 3.8) is 0 Å². The molecule has 0 aliphatic carbocycles. The SMILES string of the molecule is C=COC(=O)CC(CC)(CC(=O)OC=C)OC(CC)(CC(=O)OC=C)CC(=O)OC=C. The van der Waals surface area contributed by atoms with Crippen LogP contribution in [0.3, 0.4) is 0 Å². The van der Waals surface area contributed by atoms with Crippen LogP contribution in [-0.2, 0) is 42.9 Å². The van der Waals surface area contributed by atoms with E-state index in [4.69, 9.17) is 23.7 Å². The fourth-order valence-corrected chi connectivity index (χ4v) is 2.96. The lowest BCUT2D eigenvalue weighted by atomic mass is 9.86. The molecule has 0 radical (unpaired) electrons. The summed E-state index contributed by atoms with van der Waals surface area (Å²) in [5.74, 6) is -2.91. The first-order valence-corrected chi connectivity index (χ1v) is 9.57. The molecule has 0 bridgehead atoms. The van der Waals surface area contributed by atoms with E-state index in [-0.39, 0.29) is 38.5 Å². The molecule has 0 aromatic carbocycles. The van der Waals surface area contributed by atoms with Gasteiger partial charge in [0.2, 0.25) is 0 Å². The predicted octanol–water partition coefficient (Wildman–Crippen LogP) is 3.61. The fraction of sp³-hybridized carbons (Fsp3) is 0.455. The van der Waals surface area contributed by atoms with Crippen LogP contribution in [0.4, 0.5) is 0 Å². The van der Waals surface area contributed by atoms with Gasteiger partial charge in [0.25, 0.3) is 0 Å². The molecule has 9 heteroatoms. The average molecular weight is 438 g/mol. The van der Waals surface area contributed by atoms with Crippen molar-refractivity contribution in [1.29, 1.82) is 0 Å². The number of carbonyl (C=O) groups excluding carboxylic acids is 4. The summed E-state index contributed by atoms with van der Waals surface area (Å²) in [5, 5.41) is 0. The van der Waals surface area contributed by atoms with Crippen molar-refractivity contribution >= 4 is 23.9 Å². The molecule has 0 spiro atoms. The number of esters is 4. The van der Waals surface area contributed by atoms with Gasteiger partial charge in [-0.2, -0.15) is 0 Å². The van der Waals surface area contributed by atoms with Crippen LogP contribution >= 0.6 is 0 Å². The summed E-state index contributed by atoms with van der Waals surface area (Å²) in [5.41, 5.74) is -2.95. The summed E-state index contributed by atoms with van der Waals surface area (Å²) < 4.78 is 25.4. The molecule has 0 aliphatic rings. The Morgan fingerprint density at radius 1 is 0.581 bits per heavy atom. The maximum Gasteiger partial charge on any atom is 0.313 e. The normalized spacial score (nSPS) is 10.9. The lowest BCUT2D eigenvalue weighted by Crippen LogP contribution is -2.49. The molecule has 0 saturated carbocycles. The van der Waals surface area contributed by atoms with Crippen molar-refractivity contribution in [3.8, 4) is 0 Å². The Labute approximate surface area is 182 Å². The molecule has 0 fully saturated rings. The highest BCUT2D eigenvalue weighted by Gasteiger charge is 2.46. The zero-order valence-electron chi connectivity index (χ0n) is 18.1. The summed E-state index contributed by atoms with van der Waals surface area (Å²) in [6.07, 6.45) is 2.55. The maximum atomic E-state index is 12.2. The van der Waals surface area contributed by atoms with Gasteiger partial charge in [-0.3, -0.25) is 19.2 Å². The smallest absolute Gasteiger partial charge is 0.313 e. The van der Waals surface area contributed by atoms with E-state index in [1.165, 1.54) is 0 Å². The third-order valence-electron chi connectivity index (χ3n) is 4.45. The van der Waals surface area contributed by atoms with Gasteiger partial charge < -0.3 is 23.7 Å². The second-order valence-electron chi connectivity index (χ2n) is 6.51. The average Bonchev–Trinajstić information content (AvgIpc) is 2.68. The number of rotatable bonds is 16. The minimum atomic E-state index is -1.47. The quantitative estimate of drug-likeness (QED) is 0.202. The van der Waals surface area contributed by atoms with Gasteiger partial charge in [0.05, 0.1) is 61.9 Å². The van der Waals surface area contributed by atoms with Crippen molar-refractivity contribution in [2.24, 2.45) is 0 Å². The van der Waals surface area contributed by atoms with Crippen molar-refractivity contribution in [1.82, 2.24) is 0 Å². The van der Waals surface area contributed by atoms with E-state index in [2.05, 4.69) is 26.3 Å². The number of hydrogen-bond donors (Lipinski definition) is 0. The van der Waals surface area contributed by atoms with Crippen LogP contribution in [0.25, 0.3) is 0 Å².